The molecule has 1 atom stereocenters. The van der Waals surface area contributed by atoms with Crippen molar-refractivity contribution in [3.63, 3.8) is 0 Å². The molecule has 0 spiro atoms. The Morgan fingerprint density at radius 3 is 2.17 bits per heavy atom. The second kappa shape index (κ2) is 16.2. The fraction of sp³-hybridized carbons (Fsp3) is 0.0682. The molecule has 7 aromatic rings. The van der Waals surface area contributed by atoms with Crippen molar-refractivity contribution >= 4 is 84.7 Å². The average Bonchev–Trinajstić information content (AvgIpc) is 3.50. The third kappa shape index (κ3) is 8.27. The van der Waals surface area contributed by atoms with Crippen molar-refractivity contribution in [1.29, 1.82) is 0 Å². The molecule has 6 aromatic carbocycles. The highest BCUT2D eigenvalue weighted by atomic mass is 79.9. The molecule has 3 N–H and O–H groups in total. The lowest BCUT2D eigenvalue weighted by molar-refractivity contribution is -0.116. The maximum atomic E-state index is 14.1. The minimum absolute atomic E-state index is 0.0792. The first-order valence-corrected chi connectivity index (χ1v) is 18.8. The van der Waals surface area contributed by atoms with Crippen LogP contribution in [-0.2, 0) is 16.1 Å². The van der Waals surface area contributed by atoms with Crippen molar-refractivity contribution in [3.05, 3.63) is 179 Å². The summed E-state index contributed by atoms with van der Waals surface area (Å²) in [6, 6.07) is 47.5. The second-order valence-corrected chi connectivity index (χ2v) is 14.4. The Labute approximate surface area is 320 Å². The Hall–Kier alpha value is -5.90. The van der Waals surface area contributed by atoms with Gasteiger partial charge in [-0.15, -0.1) is 11.8 Å². The number of carbonyl (C=O) groups is 3. The maximum absolute atomic E-state index is 14.1. The van der Waals surface area contributed by atoms with Gasteiger partial charge in [-0.2, -0.15) is 0 Å². The van der Waals surface area contributed by atoms with E-state index >= 15 is 0 Å². The minimum Gasteiger partial charge on any atom is -0.341 e. The molecule has 7 rings (SSSR count). The van der Waals surface area contributed by atoms with Crippen LogP contribution in [0.4, 0.5) is 11.4 Å². The Morgan fingerprint density at radius 1 is 0.698 bits per heavy atom. The topological polar surface area (TPSA) is 92.2 Å². The standard InChI is InChI=1S/C44H35BrN4O3S/c1-2-49-39-22-10-9-21-36(39)37-28-34(23-24-40(37)49)47-44(52)41(30-14-5-3-6-15-30)53-35-20-12-19-33(27-35)46-43(51)38(26-29-13-11-18-32(45)25-29)48-42(50)31-16-7-4-8-17-31/h3-28,41H,2H2,1H3,(H,46,51)(H,47,52)(H,48,50)/b38-26+. The number of para-hydroxylation sites is 1. The number of hydrogen-bond acceptors (Lipinski definition) is 4. The van der Waals surface area contributed by atoms with E-state index in [-0.39, 0.29) is 11.6 Å². The summed E-state index contributed by atoms with van der Waals surface area (Å²) in [5, 5.41) is 10.5. The molecule has 1 unspecified atom stereocenters. The molecule has 0 bridgehead atoms. The molecule has 0 saturated heterocycles. The molecule has 0 aliphatic carbocycles. The van der Waals surface area contributed by atoms with Crippen LogP contribution in [0.3, 0.4) is 0 Å². The van der Waals surface area contributed by atoms with Gasteiger partial charge in [0, 0.05) is 54.7 Å². The highest BCUT2D eigenvalue weighted by Crippen LogP contribution is 2.38. The minimum atomic E-state index is -0.591. The molecule has 0 aliphatic heterocycles. The van der Waals surface area contributed by atoms with Crippen LogP contribution in [0.1, 0.15) is 33.7 Å². The number of aromatic nitrogens is 1. The van der Waals surface area contributed by atoms with E-state index < -0.39 is 17.1 Å². The fourth-order valence-electron chi connectivity index (χ4n) is 6.27. The van der Waals surface area contributed by atoms with Crippen molar-refractivity contribution in [2.24, 2.45) is 0 Å². The summed E-state index contributed by atoms with van der Waals surface area (Å²) in [5.41, 5.74) is 5.59. The zero-order valence-electron chi connectivity index (χ0n) is 28.8. The number of amides is 3. The summed E-state index contributed by atoms with van der Waals surface area (Å²) in [6.07, 6.45) is 1.63. The number of benzene rings is 6. The lowest BCUT2D eigenvalue weighted by atomic mass is 10.1. The summed E-state index contributed by atoms with van der Waals surface area (Å²) in [6.45, 7) is 2.97. The van der Waals surface area contributed by atoms with Gasteiger partial charge in [0.1, 0.15) is 10.9 Å². The first-order chi connectivity index (χ1) is 25.9. The zero-order chi connectivity index (χ0) is 36.7. The average molecular weight is 780 g/mol. The van der Waals surface area contributed by atoms with Crippen molar-refractivity contribution < 1.29 is 14.4 Å². The Kier molecular flexibility index (Phi) is 10.8. The molecular weight excluding hydrogens is 744 g/mol. The van der Waals surface area contributed by atoms with Crippen LogP contribution in [0.15, 0.2) is 167 Å². The summed E-state index contributed by atoms with van der Waals surface area (Å²) in [4.78, 5) is 41.7. The first kappa shape index (κ1) is 35.5. The molecule has 0 saturated carbocycles. The van der Waals surface area contributed by atoms with Gasteiger partial charge in [-0.1, -0.05) is 101 Å². The highest BCUT2D eigenvalue weighted by Gasteiger charge is 2.23. The second-order valence-electron chi connectivity index (χ2n) is 12.3. The number of nitrogens with zero attached hydrogens (tertiary/aromatic N) is 1. The van der Waals surface area contributed by atoms with Gasteiger partial charge in [-0.05, 0) is 90.9 Å². The number of anilines is 2. The molecular formula is C44H35BrN4O3S. The highest BCUT2D eigenvalue weighted by molar-refractivity contribution is 9.10. The van der Waals surface area contributed by atoms with Crippen LogP contribution < -0.4 is 16.0 Å². The van der Waals surface area contributed by atoms with Gasteiger partial charge >= 0.3 is 0 Å². The number of carbonyl (C=O) groups excluding carboxylic acids is 3. The van der Waals surface area contributed by atoms with Crippen molar-refractivity contribution in [1.82, 2.24) is 9.88 Å². The van der Waals surface area contributed by atoms with Gasteiger partial charge in [0.05, 0.1) is 0 Å². The maximum Gasteiger partial charge on any atom is 0.272 e. The number of thioether (sulfide) groups is 1. The third-order valence-electron chi connectivity index (χ3n) is 8.73. The lowest BCUT2D eigenvalue weighted by Gasteiger charge is -2.18. The molecule has 262 valence electrons. The van der Waals surface area contributed by atoms with Gasteiger partial charge in [0.25, 0.3) is 11.8 Å². The Balaban J connectivity index is 1.13. The number of hydrogen-bond donors (Lipinski definition) is 3. The molecule has 1 heterocycles. The van der Waals surface area contributed by atoms with Crippen LogP contribution in [-0.4, -0.2) is 22.3 Å². The van der Waals surface area contributed by atoms with Crippen molar-refractivity contribution in [2.45, 2.75) is 23.6 Å². The normalized spacial score (nSPS) is 12.0. The van der Waals surface area contributed by atoms with Gasteiger partial charge < -0.3 is 20.5 Å². The predicted octanol–water partition coefficient (Wildman–Crippen LogP) is 10.5. The summed E-state index contributed by atoms with van der Waals surface area (Å²) in [5.74, 6) is -1.07. The summed E-state index contributed by atoms with van der Waals surface area (Å²) < 4.78 is 3.12. The van der Waals surface area contributed by atoms with Gasteiger partial charge in [-0.3, -0.25) is 14.4 Å². The van der Waals surface area contributed by atoms with E-state index in [0.29, 0.717) is 16.9 Å². The number of aryl methyl sites for hydroxylation is 1. The van der Waals surface area contributed by atoms with E-state index in [4.69, 9.17) is 0 Å². The lowest BCUT2D eigenvalue weighted by Crippen LogP contribution is -2.30. The van der Waals surface area contributed by atoms with Gasteiger partial charge in [0.15, 0.2) is 0 Å². The molecule has 3 amide bonds. The van der Waals surface area contributed by atoms with Crippen LogP contribution in [0.5, 0.6) is 0 Å². The quantitative estimate of drug-likeness (QED) is 0.0901. The Morgan fingerprint density at radius 2 is 1.40 bits per heavy atom. The molecule has 7 nitrogen and oxygen atoms in total. The molecule has 53 heavy (non-hydrogen) atoms. The first-order valence-electron chi connectivity index (χ1n) is 17.1. The largest absolute Gasteiger partial charge is 0.341 e. The van der Waals surface area contributed by atoms with E-state index in [9.17, 15) is 14.4 Å². The fourth-order valence-corrected chi connectivity index (χ4v) is 7.77. The smallest absolute Gasteiger partial charge is 0.272 e. The van der Waals surface area contributed by atoms with Crippen molar-refractivity contribution in [3.8, 4) is 0 Å². The molecule has 9 heteroatoms. The van der Waals surface area contributed by atoms with Gasteiger partial charge in [0.2, 0.25) is 5.91 Å². The van der Waals surface area contributed by atoms with Crippen LogP contribution >= 0.6 is 27.7 Å². The molecule has 0 radical (unpaired) electrons. The van der Waals surface area contributed by atoms with E-state index in [0.717, 1.165) is 48.8 Å². The van der Waals surface area contributed by atoms with Crippen LogP contribution in [0.25, 0.3) is 27.9 Å². The number of fused-ring (bicyclic) bond motifs is 3. The SMILES string of the molecule is CCn1c2ccccc2c2cc(NC(=O)C(Sc3cccc(NC(=O)/C(=C\c4cccc(Br)c4)NC(=O)c4ccccc4)c3)c3ccccc3)ccc21. The number of halogens is 1. The molecule has 1 aromatic heterocycles. The number of nitrogens with one attached hydrogen (secondary N) is 3. The summed E-state index contributed by atoms with van der Waals surface area (Å²) in [7, 11) is 0. The summed E-state index contributed by atoms with van der Waals surface area (Å²) >= 11 is 4.86. The predicted molar refractivity (Wildman–Crippen MR) is 220 cm³/mol. The molecule has 0 aliphatic rings. The van der Waals surface area contributed by atoms with Crippen molar-refractivity contribution in [2.75, 3.05) is 10.6 Å². The zero-order valence-corrected chi connectivity index (χ0v) is 31.2. The van der Waals surface area contributed by atoms with E-state index in [2.05, 4.69) is 61.6 Å². The number of rotatable bonds is 11. The van der Waals surface area contributed by atoms with E-state index in [1.165, 1.54) is 11.8 Å². The monoisotopic (exact) mass is 778 g/mol. The molecule has 0 fully saturated rings. The third-order valence-corrected chi connectivity index (χ3v) is 10.5. The van der Waals surface area contributed by atoms with Crippen LogP contribution in [0, 0.1) is 0 Å². The Bertz CT molecular complexity index is 2480. The van der Waals surface area contributed by atoms with Crippen LogP contribution in [0.2, 0.25) is 0 Å². The van der Waals surface area contributed by atoms with E-state index in [1.54, 1.807) is 36.4 Å². The van der Waals surface area contributed by atoms with E-state index in [1.807, 2.05) is 103 Å². The van der Waals surface area contributed by atoms with Gasteiger partial charge in [-0.25, -0.2) is 0 Å².